The molecule has 2 heterocycles. The van der Waals surface area contributed by atoms with E-state index in [9.17, 15) is 8.42 Å². The summed E-state index contributed by atoms with van der Waals surface area (Å²) in [5, 5.41) is 8.98. The van der Waals surface area contributed by atoms with E-state index in [1.807, 2.05) is 19.4 Å². The quantitative estimate of drug-likeness (QED) is 0.455. The molecule has 0 aromatic carbocycles. The zero-order chi connectivity index (χ0) is 19.0. The SMILES string of the molecule is CCOS(=O)(=O)O.Cc1ncc(C[n+]2csc(CCO)c2C)c(N)n1.Cl. The molecular formula is C14H24ClN4O5S2+. The topological polar surface area (TPSA) is 140 Å². The van der Waals surface area contributed by atoms with E-state index in [1.165, 1.54) is 11.8 Å². The summed E-state index contributed by atoms with van der Waals surface area (Å²) < 4.78 is 32.8. The predicted molar refractivity (Wildman–Crippen MR) is 101 cm³/mol. The number of nitrogens with zero attached hydrogens (tertiary/aromatic N) is 3. The summed E-state index contributed by atoms with van der Waals surface area (Å²) in [7, 11) is -4.17. The van der Waals surface area contributed by atoms with Gasteiger partial charge in [-0.3, -0.25) is 4.55 Å². The molecule has 0 aliphatic rings. The number of nitrogen functional groups attached to an aromatic ring is 1. The lowest BCUT2D eigenvalue weighted by atomic mass is 10.2. The molecule has 0 spiro atoms. The molecule has 0 saturated heterocycles. The summed E-state index contributed by atoms with van der Waals surface area (Å²) in [6.45, 7) is 6.15. The van der Waals surface area contributed by atoms with Crippen molar-refractivity contribution in [1.82, 2.24) is 9.97 Å². The smallest absolute Gasteiger partial charge is 0.396 e. The van der Waals surface area contributed by atoms with Gasteiger partial charge in [0.2, 0.25) is 5.51 Å². The lowest BCUT2D eigenvalue weighted by Crippen LogP contribution is -2.35. The van der Waals surface area contributed by atoms with Gasteiger partial charge < -0.3 is 10.8 Å². The molecule has 0 atom stereocenters. The summed E-state index contributed by atoms with van der Waals surface area (Å²) in [5.74, 6) is 1.22. The highest BCUT2D eigenvalue weighted by Gasteiger charge is 2.16. The van der Waals surface area contributed by atoms with Crippen LogP contribution in [0.15, 0.2) is 11.7 Å². The first kappa shape index (κ1) is 24.6. The number of thiazole rings is 1. The molecule has 26 heavy (non-hydrogen) atoms. The minimum atomic E-state index is -4.17. The average molecular weight is 428 g/mol. The second kappa shape index (κ2) is 11.4. The summed E-state index contributed by atoms with van der Waals surface area (Å²) >= 11 is 1.65. The normalized spacial score (nSPS) is 10.7. The lowest BCUT2D eigenvalue weighted by molar-refractivity contribution is -0.689. The standard InChI is InChI=1S/C12H17N4OS.C2H6O4S.ClH/c1-8-11(3-4-17)18-7-16(8)6-10-5-14-9(2)15-12(10)13;1-2-6-7(3,4)5;/h5,7,17H,3-4,6H2,1-2H3,(H2,13,14,15);2H2,1H3,(H,3,4,5);1H/q+1;;. The highest BCUT2D eigenvalue weighted by Crippen LogP contribution is 2.13. The lowest BCUT2D eigenvalue weighted by Gasteiger charge is -2.01. The molecule has 0 bridgehead atoms. The van der Waals surface area contributed by atoms with Gasteiger partial charge >= 0.3 is 10.4 Å². The van der Waals surface area contributed by atoms with E-state index in [2.05, 4.69) is 18.7 Å². The van der Waals surface area contributed by atoms with Gasteiger partial charge in [0.1, 0.15) is 11.6 Å². The first-order valence-electron chi connectivity index (χ1n) is 7.45. The summed E-state index contributed by atoms with van der Waals surface area (Å²) in [6.07, 6.45) is 2.47. The van der Waals surface area contributed by atoms with Crippen LogP contribution < -0.4 is 10.3 Å². The van der Waals surface area contributed by atoms with Crippen molar-refractivity contribution >= 4 is 40.0 Å². The molecule has 0 aliphatic heterocycles. The van der Waals surface area contributed by atoms with Crippen molar-refractivity contribution in [1.29, 1.82) is 0 Å². The number of rotatable bonds is 6. The number of hydrogen-bond donors (Lipinski definition) is 3. The molecule has 0 aliphatic carbocycles. The van der Waals surface area contributed by atoms with Crippen LogP contribution in [0.1, 0.15) is 28.9 Å². The maximum Gasteiger partial charge on any atom is 0.397 e. The maximum atomic E-state index is 9.56. The van der Waals surface area contributed by atoms with Crippen molar-refractivity contribution in [3.8, 4) is 0 Å². The van der Waals surface area contributed by atoms with Gasteiger partial charge in [0.15, 0.2) is 12.2 Å². The first-order chi connectivity index (χ1) is 11.7. The highest BCUT2D eigenvalue weighted by molar-refractivity contribution is 7.80. The van der Waals surface area contributed by atoms with Crippen LogP contribution in [0.3, 0.4) is 0 Å². The Morgan fingerprint density at radius 1 is 1.38 bits per heavy atom. The van der Waals surface area contributed by atoms with E-state index >= 15 is 0 Å². The van der Waals surface area contributed by atoms with E-state index in [-0.39, 0.29) is 25.6 Å². The van der Waals surface area contributed by atoms with Gasteiger partial charge in [-0.25, -0.2) is 14.2 Å². The van der Waals surface area contributed by atoms with Crippen molar-refractivity contribution in [3.05, 3.63) is 33.7 Å². The summed E-state index contributed by atoms with van der Waals surface area (Å²) in [5.41, 5.74) is 10.0. The number of aromatic nitrogens is 3. The fourth-order valence-corrected chi connectivity index (χ4v) is 3.20. The molecule has 0 radical (unpaired) electrons. The van der Waals surface area contributed by atoms with E-state index in [0.29, 0.717) is 24.6 Å². The zero-order valence-electron chi connectivity index (χ0n) is 14.7. The van der Waals surface area contributed by atoms with Gasteiger partial charge in [-0.2, -0.15) is 13.0 Å². The second-order valence-electron chi connectivity index (χ2n) is 5.00. The Morgan fingerprint density at radius 2 is 2.04 bits per heavy atom. The fraction of sp³-hybridized carbons (Fsp3) is 0.500. The Labute approximate surface area is 163 Å². The molecule has 148 valence electrons. The van der Waals surface area contributed by atoms with E-state index in [1.54, 1.807) is 17.5 Å². The molecule has 2 aromatic heterocycles. The van der Waals surface area contributed by atoms with E-state index in [0.717, 1.165) is 11.3 Å². The van der Waals surface area contributed by atoms with Crippen LogP contribution in [0.4, 0.5) is 5.82 Å². The molecule has 0 fully saturated rings. The van der Waals surface area contributed by atoms with Crippen molar-refractivity contribution in [2.24, 2.45) is 0 Å². The molecule has 12 heteroatoms. The van der Waals surface area contributed by atoms with E-state index in [4.69, 9.17) is 15.4 Å². The number of nitrogens with two attached hydrogens (primary N) is 1. The van der Waals surface area contributed by atoms with Gasteiger partial charge in [0.05, 0.1) is 17.0 Å². The Balaban J connectivity index is 0.000000673. The molecule has 0 unspecified atom stereocenters. The third kappa shape index (κ3) is 8.34. The van der Waals surface area contributed by atoms with Gasteiger partial charge in [-0.05, 0) is 13.8 Å². The van der Waals surface area contributed by atoms with Gasteiger partial charge in [0, 0.05) is 26.1 Å². The molecule has 0 amide bonds. The van der Waals surface area contributed by atoms with Crippen LogP contribution in [-0.2, 0) is 27.5 Å². The summed E-state index contributed by atoms with van der Waals surface area (Å²) in [6, 6.07) is 0. The first-order valence-corrected chi connectivity index (χ1v) is 9.69. The van der Waals surface area contributed by atoms with Crippen LogP contribution in [-0.4, -0.2) is 41.3 Å². The Hall–Kier alpha value is -1.37. The molecule has 9 nitrogen and oxygen atoms in total. The van der Waals surface area contributed by atoms with Gasteiger partial charge in [0.25, 0.3) is 0 Å². The van der Waals surface area contributed by atoms with Crippen molar-refractivity contribution < 1.29 is 26.8 Å². The third-order valence-electron chi connectivity index (χ3n) is 3.12. The zero-order valence-corrected chi connectivity index (χ0v) is 17.2. The van der Waals surface area contributed by atoms with Crippen molar-refractivity contribution in [3.63, 3.8) is 0 Å². The van der Waals surface area contributed by atoms with Crippen LogP contribution in [0, 0.1) is 13.8 Å². The monoisotopic (exact) mass is 427 g/mol. The molecule has 0 saturated carbocycles. The Morgan fingerprint density at radius 3 is 2.50 bits per heavy atom. The van der Waals surface area contributed by atoms with Crippen molar-refractivity contribution in [2.75, 3.05) is 18.9 Å². The average Bonchev–Trinajstić information content (AvgIpc) is 2.83. The van der Waals surface area contributed by atoms with Crippen molar-refractivity contribution in [2.45, 2.75) is 33.7 Å². The largest absolute Gasteiger partial charge is 0.397 e. The minimum absolute atomic E-state index is 0. The predicted octanol–water partition coefficient (Wildman–Crippen LogP) is 0.855. The van der Waals surface area contributed by atoms with Crippen LogP contribution in [0.2, 0.25) is 0 Å². The summed E-state index contributed by atoms with van der Waals surface area (Å²) in [4.78, 5) is 9.53. The van der Waals surface area contributed by atoms with Crippen LogP contribution >= 0.6 is 23.7 Å². The second-order valence-corrected chi connectivity index (χ2v) is 7.03. The molecule has 2 aromatic rings. The van der Waals surface area contributed by atoms with Crippen LogP contribution in [0.25, 0.3) is 0 Å². The molecule has 2 rings (SSSR count). The molecule has 4 N–H and O–H groups in total. The fourth-order valence-electron chi connectivity index (χ4n) is 1.92. The van der Waals surface area contributed by atoms with Gasteiger partial charge in [-0.1, -0.05) is 11.3 Å². The third-order valence-corrected chi connectivity index (χ3v) is 4.80. The number of anilines is 1. The number of hydrogen-bond acceptors (Lipinski definition) is 8. The van der Waals surface area contributed by atoms with Gasteiger partial charge in [-0.15, -0.1) is 12.4 Å². The number of halogens is 1. The van der Waals surface area contributed by atoms with E-state index < -0.39 is 10.4 Å². The number of aliphatic hydroxyl groups excluding tert-OH is 1. The maximum absolute atomic E-state index is 9.56. The number of aryl methyl sites for hydroxylation is 1. The Bertz CT molecular complexity index is 799. The Kier molecular flexibility index (Phi) is 10.8. The minimum Gasteiger partial charge on any atom is -0.396 e. The van der Waals surface area contributed by atoms with Crippen LogP contribution in [0.5, 0.6) is 0 Å². The molecular weight excluding hydrogens is 404 g/mol. The number of aliphatic hydroxyl groups is 1. The highest BCUT2D eigenvalue weighted by atomic mass is 35.5.